The van der Waals surface area contributed by atoms with E-state index in [0.717, 1.165) is 5.69 Å². The van der Waals surface area contributed by atoms with Gasteiger partial charge in [-0.2, -0.15) is 0 Å². The van der Waals surface area contributed by atoms with Crippen LogP contribution in [-0.4, -0.2) is 15.7 Å². The summed E-state index contributed by atoms with van der Waals surface area (Å²) >= 11 is 0. The number of aliphatic hydroxyl groups is 1. The average molecular weight is 193 g/mol. The molecule has 0 unspecified atom stereocenters. The van der Waals surface area contributed by atoms with E-state index in [1.807, 2.05) is 32.0 Å². The second-order valence-electron chi connectivity index (χ2n) is 5.09. The van der Waals surface area contributed by atoms with Crippen LogP contribution < -0.4 is 0 Å². The van der Waals surface area contributed by atoms with Gasteiger partial charge in [0.25, 0.3) is 0 Å². The predicted molar refractivity (Wildman–Crippen MR) is 58.2 cm³/mol. The van der Waals surface area contributed by atoms with Crippen molar-refractivity contribution in [3.8, 4) is 0 Å². The highest BCUT2D eigenvalue weighted by Gasteiger charge is 2.29. The van der Waals surface area contributed by atoms with Gasteiger partial charge in [-0.05, 0) is 32.4 Å². The lowest BCUT2D eigenvalue weighted by atomic mass is 9.79. The van der Waals surface area contributed by atoms with E-state index < -0.39 is 5.60 Å². The summed E-state index contributed by atoms with van der Waals surface area (Å²) in [5, 5.41) is 9.79. The molecule has 0 radical (unpaired) electrons. The lowest BCUT2D eigenvalue weighted by Gasteiger charge is -2.30. The monoisotopic (exact) mass is 193 g/mol. The molecule has 2 nitrogen and oxygen atoms in total. The van der Waals surface area contributed by atoms with Crippen molar-refractivity contribution in [2.24, 2.45) is 0 Å². The normalized spacial score (nSPS) is 12.9. The van der Waals surface area contributed by atoms with Crippen LogP contribution in [-0.2, 0) is 5.41 Å². The summed E-state index contributed by atoms with van der Waals surface area (Å²) in [5.74, 6) is 0. The maximum atomic E-state index is 9.79. The molecule has 1 rings (SSSR count). The first-order chi connectivity index (χ1) is 6.31. The summed E-state index contributed by atoms with van der Waals surface area (Å²) < 4.78 is 0. The Morgan fingerprint density at radius 1 is 1.21 bits per heavy atom. The van der Waals surface area contributed by atoms with Crippen molar-refractivity contribution in [1.82, 2.24) is 4.98 Å². The van der Waals surface area contributed by atoms with Gasteiger partial charge in [0.05, 0.1) is 5.60 Å². The van der Waals surface area contributed by atoms with E-state index in [4.69, 9.17) is 0 Å². The van der Waals surface area contributed by atoms with Gasteiger partial charge in [-0.15, -0.1) is 0 Å². The van der Waals surface area contributed by atoms with Gasteiger partial charge in [0.2, 0.25) is 0 Å². The molecule has 1 aromatic heterocycles. The van der Waals surface area contributed by atoms with E-state index in [1.165, 1.54) is 0 Å². The van der Waals surface area contributed by atoms with Gasteiger partial charge < -0.3 is 5.11 Å². The minimum absolute atomic E-state index is 0.0838. The molecule has 14 heavy (non-hydrogen) atoms. The minimum atomic E-state index is -0.652. The van der Waals surface area contributed by atoms with Gasteiger partial charge in [0.1, 0.15) is 0 Å². The Bertz CT molecular complexity index is 285. The third-order valence-corrected chi connectivity index (χ3v) is 2.23. The number of rotatable bonds is 3. The van der Waals surface area contributed by atoms with Gasteiger partial charge in [-0.25, -0.2) is 0 Å². The zero-order chi connectivity index (χ0) is 10.8. The van der Waals surface area contributed by atoms with Crippen LogP contribution in [0.1, 0.15) is 39.8 Å². The zero-order valence-corrected chi connectivity index (χ0v) is 9.41. The Labute approximate surface area is 86.0 Å². The number of hydrogen-bond donors (Lipinski definition) is 1. The van der Waals surface area contributed by atoms with Crippen LogP contribution in [0.15, 0.2) is 24.4 Å². The van der Waals surface area contributed by atoms with Crippen LogP contribution in [0.4, 0.5) is 0 Å². The van der Waals surface area contributed by atoms with E-state index in [0.29, 0.717) is 6.42 Å². The van der Waals surface area contributed by atoms with Crippen LogP contribution >= 0.6 is 0 Å². The van der Waals surface area contributed by atoms with Gasteiger partial charge in [-0.3, -0.25) is 4.98 Å². The van der Waals surface area contributed by atoms with E-state index in [-0.39, 0.29) is 5.41 Å². The third kappa shape index (κ3) is 3.11. The SMILES string of the molecule is CC(C)(O)CC(C)(C)c1ccccn1. The molecule has 0 fully saturated rings. The molecule has 0 aliphatic carbocycles. The second kappa shape index (κ2) is 3.70. The zero-order valence-electron chi connectivity index (χ0n) is 9.41. The summed E-state index contributed by atoms with van der Waals surface area (Å²) in [4.78, 5) is 4.32. The molecule has 0 saturated heterocycles. The first kappa shape index (κ1) is 11.2. The van der Waals surface area contributed by atoms with Crippen LogP contribution in [0.3, 0.4) is 0 Å². The van der Waals surface area contributed by atoms with Crippen molar-refractivity contribution in [3.63, 3.8) is 0 Å². The van der Waals surface area contributed by atoms with E-state index >= 15 is 0 Å². The van der Waals surface area contributed by atoms with Crippen molar-refractivity contribution in [3.05, 3.63) is 30.1 Å². The average Bonchev–Trinajstić information content (AvgIpc) is 2.01. The Balaban J connectivity index is 2.86. The smallest absolute Gasteiger partial charge is 0.0600 e. The molecule has 0 aromatic carbocycles. The fraction of sp³-hybridized carbons (Fsp3) is 0.583. The van der Waals surface area contributed by atoms with Gasteiger partial charge in [0.15, 0.2) is 0 Å². The molecule has 0 aliphatic heterocycles. The Kier molecular flexibility index (Phi) is 2.95. The highest BCUT2D eigenvalue weighted by molar-refractivity contribution is 5.15. The first-order valence-electron chi connectivity index (χ1n) is 4.95. The van der Waals surface area contributed by atoms with Crippen LogP contribution in [0.25, 0.3) is 0 Å². The maximum Gasteiger partial charge on any atom is 0.0600 e. The molecule has 0 saturated carbocycles. The molecule has 1 aromatic rings. The second-order valence-corrected chi connectivity index (χ2v) is 5.09. The van der Waals surface area contributed by atoms with E-state index in [1.54, 1.807) is 6.20 Å². The Hall–Kier alpha value is -0.890. The number of aromatic nitrogens is 1. The standard InChI is InChI=1S/C12H19NO/c1-11(2,9-12(3,4)14)10-7-5-6-8-13-10/h5-8,14H,9H2,1-4H3. The highest BCUT2D eigenvalue weighted by atomic mass is 16.3. The molecule has 1 N–H and O–H groups in total. The first-order valence-corrected chi connectivity index (χ1v) is 4.95. The predicted octanol–water partition coefficient (Wildman–Crippen LogP) is 2.52. The van der Waals surface area contributed by atoms with Crippen molar-refractivity contribution in [2.75, 3.05) is 0 Å². The van der Waals surface area contributed by atoms with E-state index in [9.17, 15) is 5.11 Å². The van der Waals surface area contributed by atoms with E-state index in [2.05, 4.69) is 18.8 Å². The number of nitrogens with zero attached hydrogens (tertiary/aromatic N) is 1. The van der Waals surface area contributed by atoms with Crippen molar-refractivity contribution >= 4 is 0 Å². The molecule has 0 spiro atoms. The Morgan fingerprint density at radius 3 is 2.29 bits per heavy atom. The largest absolute Gasteiger partial charge is 0.390 e. The van der Waals surface area contributed by atoms with Gasteiger partial charge in [-0.1, -0.05) is 19.9 Å². The molecular weight excluding hydrogens is 174 g/mol. The topological polar surface area (TPSA) is 33.1 Å². The van der Waals surface area contributed by atoms with Crippen LogP contribution in [0.2, 0.25) is 0 Å². The molecule has 0 aliphatic rings. The third-order valence-electron chi connectivity index (χ3n) is 2.23. The summed E-state index contributed by atoms with van der Waals surface area (Å²) in [6, 6.07) is 5.89. The fourth-order valence-electron chi connectivity index (χ4n) is 1.94. The lowest BCUT2D eigenvalue weighted by molar-refractivity contribution is 0.0493. The highest BCUT2D eigenvalue weighted by Crippen LogP contribution is 2.30. The quantitative estimate of drug-likeness (QED) is 0.800. The molecule has 0 bridgehead atoms. The molecule has 0 amide bonds. The van der Waals surface area contributed by atoms with Crippen molar-refractivity contribution in [2.45, 2.75) is 45.1 Å². The molecule has 78 valence electrons. The van der Waals surface area contributed by atoms with Crippen LogP contribution in [0.5, 0.6) is 0 Å². The lowest BCUT2D eigenvalue weighted by Crippen LogP contribution is -2.31. The van der Waals surface area contributed by atoms with Crippen LogP contribution in [0, 0.1) is 0 Å². The maximum absolute atomic E-state index is 9.79. The summed E-state index contributed by atoms with van der Waals surface area (Å²) in [6.45, 7) is 7.87. The Morgan fingerprint density at radius 2 is 1.86 bits per heavy atom. The number of hydrogen-bond acceptors (Lipinski definition) is 2. The van der Waals surface area contributed by atoms with Crippen molar-refractivity contribution in [1.29, 1.82) is 0 Å². The van der Waals surface area contributed by atoms with Gasteiger partial charge in [0, 0.05) is 17.3 Å². The van der Waals surface area contributed by atoms with Gasteiger partial charge >= 0.3 is 0 Å². The summed E-state index contributed by atoms with van der Waals surface area (Å²) in [5.41, 5.74) is 0.294. The molecule has 1 heterocycles. The molecule has 2 heteroatoms. The molecular formula is C12H19NO. The summed E-state index contributed by atoms with van der Waals surface area (Å²) in [6.07, 6.45) is 2.50. The summed E-state index contributed by atoms with van der Waals surface area (Å²) in [7, 11) is 0. The number of pyridine rings is 1. The fourth-order valence-corrected chi connectivity index (χ4v) is 1.94. The minimum Gasteiger partial charge on any atom is -0.390 e. The van der Waals surface area contributed by atoms with Crippen molar-refractivity contribution < 1.29 is 5.11 Å². The molecule has 0 atom stereocenters.